The summed E-state index contributed by atoms with van der Waals surface area (Å²) < 4.78 is 9.98. The minimum atomic E-state index is -0.626. The van der Waals surface area contributed by atoms with Crippen molar-refractivity contribution in [2.75, 3.05) is 6.61 Å². The van der Waals surface area contributed by atoms with Crippen molar-refractivity contribution in [1.29, 1.82) is 0 Å². The summed E-state index contributed by atoms with van der Waals surface area (Å²) in [5.74, 6) is -1.09. The number of benzene rings is 1. The van der Waals surface area contributed by atoms with E-state index in [0.29, 0.717) is 0 Å². The first-order valence-corrected chi connectivity index (χ1v) is 5.90. The largest absolute Gasteiger partial charge is 0.458 e. The number of halogens is 1. The van der Waals surface area contributed by atoms with E-state index in [-0.39, 0.29) is 23.5 Å². The van der Waals surface area contributed by atoms with E-state index in [4.69, 9.17) is 21.1 Å². The Bertz CT molecular complexity index is 520. The lowest BCUT2D eigenvalue weighted by molar-refractivity contribution is -0.130. The van der Waals surface area contributed by atoms with Crippen molar-refractivity contribution >= 4 is 23.5 Å². The zero-order valence-corrected chi connectivity index (χ0v) is 11.1. The Morgan fingerprint density at radius 2 is 2.05 bits per heavy atom. The van der Waals surface area contributed by atoms with Crippen LogP contribution in [-0.2, 0) is 9.53 Å². The number of hydrogen-bond acceptors (Lipinski definition) is 4. The van der Waals surface area contributed by atoms with Crippen molar-refractivity contribution < 1.29 is 19.1 Å². The van der Waals surface area contributed by atoms with Crippen LogP contribution in [0.4, 0.5) is 0 Å². The van der Waals surface area contributed by atoms with E-state index >= 15 is 0 Å². The molecular formula is C14H13ClO4. The number of esters is 2. The van der Waals surface area contributed by atoms with E-state index in [1.165, 1.54) is 25.1 Å². The van der Waals surface area contributed by atoms with Crippen molar-refractivity contribution in [1.82, 2.24) is 0 Å². The van der Waals surface area contributed by atoms with Crippen molar-refractivity contribution in [2.45, 2.75) is 6.92 Å². The molecule has 0 atom stereocenters. The van der Waals surface area contributed by atoms with Crippen LogP contribution in [0.2, 0.25) is 0 Å². The van der Waals surface area contributed by atoms with Crippen LogP contribution in [0, 0.1) is 0 Å². The van der Waals surface area contributed by atoms with Crippen molar-refractivity contribution in [3.63, 3.8) is 0 Å². The maximum atomic E-state index is 11.7. The van der Waals surface area contributed by atoms with Gasteiger partial charge in [-0.05, 0) is 19.1 Å². The molecule has 0 fully saturated rings. The van der Waals surface area contributed by atoms with Gasteiger partial charge in [0, 0.05) is 11.1 Å². The molecule has 19 heavy (non-hydrogen) atoms. The topological polar surface area (TPSA) is 52.6 Å². The summed E-state index contributed by atoms with van der Waals surface area (Å²) in [5, 5.41) is 0. The molecular weight excluding hydrogens is 268 g/mol. The summed E-state index contributed by atoms with van der Waals surface area (Å²) >= 11 is 5.42. The molecule has 0 aliphatic heterocycles. The molecule has 0 aliphatic rings. The second-order valence-electron chi connectivity index (χ2n) is 3.56. The van der Waals surface area contributed by atoms with Crippen molar-refractivity contribution in [3.05, 3.63) is 53.6 Å². The molecule has 0 amide bonds. The molecule has 1 aromatic rings. The molecule has 0 unspecified atom stereocenters. The Hall–Kier alpha value is -2.07. The van der Waals surface area contributed by atoms with Gasteiger partial charge < -0.3 is 9.47 Å². The molecule has 0 bridgehead atoms. The number of ether oxygens (including phenoxy) is 2. The summed E-state index contributed by atoms with van der Waals surface area (Å²) in [4.78, 5) is 23.3. The molecule has 5 heteroatoms. The Balaban J connectivity index is 2.93. The van der Waals surface area contributed by atoms with Gasteiger partial charge in [-0.2, -0.15) is 0 Å². The first kappa shape index (κ1) is 15.0. The standard InChI is InChI=1S/C14H13ClO4/c1-3-8-18-14(17)11-6-4-5-7-12(11)19-13(16)10(2)9-15/h3-7,9H,1,8H2,2H3/b10-9+. The lowest BCUT2D eigenvalue weighted by Crippen LogP contribution is -2.13. The van der Waals surface area contributed by atoms with Gasteiger partial charge in [0.15, 0.2) is 0 Å². The number of rotatable bonds is 5. The van der Waals surface area contributed by atoms with Gasteiger partial charge in [0.25, 0.3) is 0 Å². The SMILES string of the molecule is C=CCOC(=O)c1ccccc1OC(=O)/C(C)=C/Cl. The molecule has 0 saturated carbocycles. The lowest BCUT2D eigenvalue weighted by atomic mass is 10.2. The molecule has 0 radical (unpaired) electrons. The number of carbonyl (C=O) groups is 2. The highest BCUT2D eigenvalue weighted by Crippen LogP contribution is 2.20. The predicted molar refractivity (Wildman–Crippen MR) is 72.2 cm³/mol. The molecule has 0 saturated heterocycles. The Morgan fingerprint density at radius 3 is 2.68 bits per heavy atom. The highest BCUT2D eigenvalue weighted by molar-refractivity contribution is 6.27. The van der Waals surface area contributed by atoms with Crippen LogP contribution in [0.25, 0.3) is 0 Å². The highest BCUT2D eigenvalue weighted by atomic mass is 35.5. The third-order valence-electron chi connectivity index (χ3n) is 2.13. The van der Waals surface area contributed by atoms with E-state index in [1.807, 2.05) is 0 Å². The number of carbonyl (C=O) groups excluding carboxylic acids is 2. The van der Waals surface area contributed by atoms with Gasteiger partial charge >= 0.3 is 11.9 Å². The van der Waals surface area contributed by atoms with Gasteiger partial charge in [0.05, 0.1) is 0 Å². The maximum absolute atomic E-state index is 11.7. The zero-order chi connectivity index (χ0) is 14.3. The van der Waals surface area contributed by atoms with Gasteiger partial charge in [-0.25, -0.2) is 9.59 Å². The molecule has 0 aromatic heterocycles. The summed E-state index contributed by atoms with van der Waals surface area (Å²) in [6.45, 7) is 5.04. The fourth-order valence-corrected chi connectivity index (χ4v) is 1.25. The Morgan fingerprint density at radius 1 is 1.37 bits per heavy atom. The average Bonchev–Trinajstić information content (AvgIpc) is 2.44. The molecule has 100 valence electrons. The smallest absolute Gasteiger partial charge is 0.342 e. The minimum Gasteiger partial charge on any atom is -0.458 e. The first-order valence-electron chi connectivity index (χ1n) is 5.46. The molecule has 0 heterocycles. The molecule has 0 N–H and O–H groups in total. The quantitative estimate of drug-likeness (QED) is 0.360. The van der Waals surface area contributed by atoms with Crippen LogP contribution in [0.15, 0.2) is 48.0 Å². The average molecular weight is 281 g/mol. The van der Waals surface area contributed by atoms with Crippen molar-refractivity contribution in [2.24, 2.45) is 0 Å². The van der Waals surface area contributed by atoms with Crippen LogP contribution in [-0.4, -0.2) is 18.5 Å². The maximum Gasteiger partial charge on any atom is 0.342 e. The molecule has 1 aromatic carbocycles. The fourth-order valence-electron chi connectivity index (χ4n) is 1.16. The molecule has 1 rings (SSSR count). The van der Waals surface area contributed by atoms with E-state index in [1.54, 1.807) is 12.1 Å². The lowest BCUT2D eigenvalue weighted by Gasteiger charge is -2.09. The van der Waals surface area contributed by atoms with Crippen LogP contribution in [0.3, 0.4) is 0 Å². The Kier molecular flexibility index (Phi) is 5.82. The van der Waals surface area contributed by atoms with E-state index < -0.39 is 11.9 Å². The molecule has 0 spiro atoms. The van der Waals surface area contributed by atoms with Gasteiger partial charge in [-0.1, -0.05) is 36.4 Å². The fraction of sp³-hybridized carbons (Fsp3) is 0.143. The van der Waals surface area contributed by atoms with Gasteiger partial charge in [0.1, 0.15) is 17.9 Å². The predicted octanol–water partition coefficient (Wildman–Crippen LogP) is 3.08. The highest BCUT2D eigenvalue weighted by Gasteiger charge is 2.16. The van der Waals surface area contributed by atoms with Gasteiger partial charge in [0.2, 0.25) is 0 Å². The van der Waals surface area contributed by atoms with Gasteiger partial charge in [-0.15, -0.1) is 0 Å². The summed E-state index contributed by atoms with van der Waals surface area (Å²) in [6.07, 6.45) is 1.45. The van der Waals surface area contributed by atoms with Crippen molar-refractivity contribution in [3.8, 4) is 5.75 Å². The second-order valence-corrected chi connectivity index (χ2v) is 3.78. The Labute approximate surface area is 116 Å². The first-order chi connectivity index (χ1) is 9.10. The third-order valence-corrected chi connectivity index (χ3v) is 2.45. The van der Waals surface area contributed by atoms with Crippen LogP contribution in [0.5, 0.6) is 5.75 Å². The molecule has 4 nitrogen and oxygen atoms in total. The second kappa shape index (κ2) is 7.38. The van der Waals surface area contributed by atoms with Crippen LogP contribution >= 0.6 is 11.6 Å². The van der Waals surface area contributed by atoms with Crippen LogP contribution in [0.1, 0.15) is 17.3 Å². The van der Waals surface area contributed by atoms with E-state index in [0.717, 1.165) is 5.54 Å². The summed E-state index contributed by atoms with van der Waals surface area (Å²) in [6, 6.07) is 6.30. The summed E-state index contributed by atoms with van der Waals surface area (Å²) in [7, 11) is 0. The summed E-state index contributed by atoms with van der Waals surface area (Å²) in [5.41, 5.74) is 1.51. The third kappa shape index (κ3) is 4.26. The monoisotopic (exact) mass is 280 g/mol. The number of para-hydroxylation sites is 1. The zero-order valence-electron chi connectivity index (χ0n) is 10.4. The van der Waals surface area contributed by atoms with E-state index in [2.05, 4.69) is 6.58 Å². The van der Waals surface area contributed by atoms with Crippen LogP contribution < -0.4 is 4.74 Å². The number of hydrogen-bond donors (Lipinski definition) is 0. The molecule has 0 aliphatic carbocycles. The van der Waals surface area contributed by atoms with Gasteiger partial charge in [-0.3, -0.25) is 0 Å². The van der Waals surface area contributed by atoms with E-state index in [9.17, 15) is 9.59 Å². The normalized spacial score (nSPS) is 10.7. The minimum absolute atomic E-state index is 0.0850.